The van der Waals surface area contributed by atoms with Crippen LogP contribution in [0.4, 0.5) is 8.78 Å². The van der Waals surface area contributed by atoms with Crippen LogP contribution in [0.25, 0.3) is 0 Å². The molecule has 0 bridgehead atoms. The maximum atomic E-state index is 12.9. The average Bonchev–Trinajstić information content (AvgIpc) is 2.52. The lowest BCUT2D eigenvalue weighted by molar-refractivity contribution is 0.133. The van der Waals surface area contributed by atoms with E-state index >= 15 is 0 Å². The number of aromatic nitrogens is 2. The van der Waals surface area contributed by atoms with E-state index < -0.39 is 0 Å². The number of aryl methyl sites for hydroxylation is 2. The topological polar surface area (TPSA) is 55.2 Å². The first-order valence-electron chi connectivity index (χ1n) is 6.88. The summed E-state index contributed by atoms with van der Waals surface area (Å²) in [5, 5.41) is 8.55. The molecule has 0 aliphatic carbocycles. The Kier molecular flexibility index (Phi) is 7.56. The fourth-order valence-corrected chi connectivity index (χ4v) is 1.48. The lowest BCUT2D eigenvalue weighted by atomic mass is 10.2. The van der Waals surface area contributed by atoms with Crippen LogP contribution in [0.5, 0.6) is 0 Å². The van der Waals surface area contributed by atoms with Gasteiger partial charge in [0.15, 0.2) is 0 Å². The Bertz CT molecular complexity index is 607. The molecule has 0 unspecified atom stereocenters. The SMILES string of the molecule is CCOCc1cnc(C)c(F)c1.Cc1ncc(CO)cc1F. The minimum atomic E-state index is -0.369. The summed E-state index contributed by atoms with van der Waals surface area (Å²) in [5.74, 6) is -0.640. The Morgan fingerprint density at radius 3 is 1.95 bits per heavy atom. The number of hydrogen-bond donors (Lipinski definition) is 1. The Hall–Kier alpha value is -1.92. The molecule has 0 spiro atoms. The van der Waals surface area contributed by atoms with Gasteiger partial charge in [-0.25, -0.2) is 8.78 Å². The van der Waals surface area contributed by atoms with Gasteiger partial charge in [0.05, 0.1) is 24.6 Å². The molecule has 0 amide bonds. The van der Waals surface area contributed by atoms with Crippen LogP contribution in [0.2, 0.25) is 0 Å². The molecule has 0 aliphatic heterocycles. The van der Waals surface area contributed by atoms with Gasteiger partial charge < -0.3 is 9.84 Å². The van der Waals surface area contributed by atoms with E-state index in [9.17, 15) is 8.78 Å². The van der Waals surface area contributed by atoms with Crippen LogP contribution in [-0.2, 0) is 18.0 Å². The summed E-state index contributed by atoms with van der Waals surface area (Å²) in [7, 11) is 0. The number of rotatable bonds is 4. The van der Waals surface area contributed by atoms with Gasteiger partial charge in [0.2, 0.25) is 0 Å². The second-order valence-corrected chi connectivity index (χ2v) is 4.62. The predicted octanol–water partition coefficient (Wildman–Crippen LogP) is 3.09. The molecule has 2 rings (SSSR count). The Morgan fingerprint density at radius 2 is 1.50 bits per heavy atom. The Balaban J connectivity index is 0.000000224. The second kappa shape index (κ2) is 9.17. The summed E-state index contributed by atoms with van der Waals surface area (Å²) in [5.41, 5.74) is 2.07. The molecule has 0 aliphatic rings. The van der Waals surface area contributed by atoms with Crippen molar-refractivity contribution < 1.29 is 18.6 Å². The van der Waals surface area contributed by atoms with Crippen molar-refractivity contribution in [3.63, 3.8) is 0 Å². The number of hydrogen-bond acceptors (Lipinski definition) is 4. The van der Waals surface area contributed by atoms with E-state index in [0.717, 1.165) is 5.56 Å². The van der Waals surface area contributed by atoms with Crippen molar-refractivity contribution in [2.45, 2.75) is 34.0 Å². The molecule has 0 saturated heterocycles. The highest BCUT2D eigenvalue weighted by Gasteiger charge is 2.00. The van der Waals surface area contributed by atoms with Crippen LogP contribution < -0.4 is 0 Å². The van der Waals surface area contributed by atoms with E-state index in [1.54, 1.807) is 20.0 Å². The molecule has 1 N–H and O–H groups in total. The second-order valence-electron chi connectivity index (χ2n) is 4.62. The van der Waals surface area contributed by atoms with Gasteiger partial charge in [0.1, 0.15) is 11.6 Å². The molecule has 2 aromatic heterocycles. The van der Waals surface area contributed by atoms with Crippen LogP contribution in [0.15, 0.2) is 24.5 Å². The molecular formula is C16H20F2N2O2. The van der Waals surface area contributed by atoms with Crippen molar-refractivity contribution >= 4 is 0 Å². The fraction of sp³-hybridized carbons (Fsp3) is 0.375. The van der Waals surface area contributed by atoms with Crippen molar-refractivity contribution in [2.24, 2.45) is 0 Å². The fourth-order valence-electron chi connectivity index (χ4n) is 1.48. The number of ether oxygens (including phenoxy) is 1. The van der Waals surface area contributed by atoms with Gasteiger partial charge in [0, 0.05) is 19.0 Å². The number of aliphatic hydroxyl groups is 1. The van der Waals surface area contributed by atoms with Crippen molar-refractivity contribution in [1.29, 1.82) is 0 Å². The zero-order chi connectivity index (χ0) is 16.5. The minimum absolute atomic E-state index is 0.163. The predicted molar refractivity (Wildman–Crippen MR) is 79.1 cm³/mol. The zero-order valence-corrected chi connectivity index (χ0v) is 12.9. The van der Waals surface area contributed by atoms with Crippen LogP contribution in [0, 0.1) is 25.5 Å². The number of aliphatic hydroxyl groups excluding tert-OH is 1. The molecule has 0 atom stereocenters. The van der Waals surface area contributed by atoms with Crippen LogP contribution in [-0.4, -0.2) is 21.7 Å². The van der Waals surface area contributed by atoms with E-state index in [2.05, 4.69) is 9.97 Å². The summed E-state index contributed by atoms with van der Waals surface area (Å²) in [4.78, 5) is 7.59. The van der Waals surface area contributed by atoms with Crippen molar-refractivity contribution in [2.75, 3.05) is 6.61 Å². The first-order valence-corrected chi connectivity index (χ1v) is 6.88. The maximum Gasteiger partial charge on any atom is 0.144 e. The van der Waals surface area contributed by atoms with Crippen molar-refractivity contribution in [3.8, 4) is 0 Å². The largest absolute Gasteiger partial charge is 0.392 e. The van der Waals surface area contributed by atoms with E-state index in [-0.39, 0.29) is 18.2 Å². The van der Waals surface area contributed by atoms with Crippen molar-refractivity contribution in [3.05, 3.63) is 58.7 Å². The van der Waals surface area contributed by atoms with Gasteiger partial charge >= 0.3 is 0 Å². The van der Waals surface area contributed by atoms with Gasteiger partial charge in [-0.2, -0.15) is 0 Å². The van der Waals surface area contributed by atoms with Gasteiger partial charge in [-0.15, -0.1) is 0 Å². The maximum absolute atomic E-state index is 12.9. The molecule has 120 valence electrons. The Morgan fingerprint density at radius 1 is 1.00 bits per heavy atom. The molecule has 0 radical (unpaired) electrons. The first-order chi connectivity index (χ1) is 10.5. The number of pyridine rings is 2. The number of nitrogens with zero attached hydrogens (tertiary/aromatic N) is 2. The van der Waals surface area contributed by atoms with Crippen molar-refractivity contribution in [1.82, 2.24) is 9.97 Å². The third-order valence-electron chi connectivity index (χ3n) is 2.82. The van der Waals surface area contributed by atoms with Gasteiger partial charge in [0.25, 0.3) is 0 Å². The van der Waals surface area contributed by atoms with E-state index in [1.165, 1.54) is 18.3 Å². The van der Waals surface area contributed by atoms with Crippen LogP contribution in [0.1, 0.15) is 29.4 Å². The third-order valence-corrected chi connectivity index (χ3v) is 2.82. The number of halogens is 2. The standard InChI is InChI=1S/C9H12FNO.C7H8FNO/c1-3-12-6-8-4-9(10)7(2)11-5-8;1-5-7(8)2-6(4-10)3-9-5/h4-5H,3,6H2,1-2H3;2-3,10H,4H2,1H3. The average molecular weight is 310 g/mol. The van der Waals surface area contributed by atoms with E-state index in [1.807, 2.05) is 6.92 Å². The molecule has 4 nitrogen and oxygen atoms in total. The van der Waals surface area contributed by atoms with Gasteiger partial charge in [-0.05, 0) is 44.0 Å². The Labute approximate surface area is 128 Å². The molecule has 0 aromatic carbocycles. The lowest BCUT2D eigenvalue weighted by Crippen LogP contribution is -1.95. The monoisotopic (exact) mass is 310 g/mol. The molecule has 22 heavy (non-hydrogen) atoms. The van der Waals surface area contributed by atoms with Crippen LogP contribution in [0.3, 0.4) is 0 Å². The summed E-state index contributed by atoms with van der Waals surface area (Å²) in [6.45, 7) is 6.02. The summed E-state index contributed by atoms with van der Waals surface area (Å²) in [6.07, 6.45) is 3.09. The molecule has 0 fully saturated rings. The molecule has 2 heterocycles. The molecule has 2 aromatic rings. The van der Waals surface area contributed by atoms with E-state index in [4.69, 9.17) is 9.84 Å². The molecule has 6 heteroatoms. The molecule has 0 saturated carbocycles. The summed E-state index contributed by atoms with van der Waals surface area (Å²) < 4.78 is 30.6. The zero-order valence-electron chi connectivity index (χ0n) is 12.9. The highest BCUT2D eigenvalue weighted by atomic mass is 19.1. The summed E-state index contributed by atoms with van der Waals surface area (Å²) in [6, 6.07) is 2.74. The van der Waals surface area contributed by atoms with Gasteiger partial charge in [-0.3, -0.25) is 9.97 Å². The molecular weight excluding hydrogens is 290 g/mol. The minimum Gasteiger partial charge on any atom is -0.392 e. The highest BCUT2D eigenvalue weighted by molar-refractivity contribution is 5.15. The summed E-state index contributed by atoms with van der Waals surface area (Å²) >= 11 is 0. The lowest BCUT2D eigenvalue weighted by Gasteiger charge is -2.01. The van der Waals surface area contributed by atoms with Crippen LogP contribution >= 0.6 is 0 Å². The first kappa shape index (κ1) is 18.1. The smallest absolute Gasteiger partial charge is 0.144 e. The quantitative estimate of drug-likeness (QED) is 0.943. The van der Waals surface area contributed by atoms with E-state index in [0.29, 0.717) is 30.2 Å². The third kappa shape index (κ3) is 5.83. The normalized spacial score (nSPS) is 10.1. The van der Waals surface area contributed by atoms with Gasteiger partial charge in [-0.1, -0.05) is 0 Å². The highest BCUT2D eigenvalue weighted by Crippen LogP contribution is 2.06.